The molecule has 3 N–H and O–H groups in total. The highest BCUT2D eigenvalue weighted by Crippen LogP contribution is 2.32. The summed E-state index contributed by atoms with van der Waals surface area (Å²) in [7, 11) is 4.03. The summed E-state index contributed by atoms with van der Waals surface area (Å²) >= 11 is 0. The first-order valence-corrected chi connectivity index (χ1v) is 13.9. The zero-order valence-electron chi connectivity index (χ0n) is 23.6. The van der Waals surface area contributed by atoms with Gasteiger partial charge in [0, 0.05) is 48.8 Å². The van der Waals surface area contributed by atoms with Crippen LogP contribution in [0.4, 0.5) is 28.4 Å². The predicted molar refractivity (Wildman–Crippen MR) is 166 cm³/mol. The molecule has 0 aliphatic carbocycles. The minimum atomic E-state index is -0.189. The number of ether oxygens (including phenoxy) is 2. The lowest BCUT2D eigenvalue weighted by Gasteiger charge is -2.27. The molecule has 4 aromatic rings. The summed E-state index contributed by atoms with van der Waals surface area (Å²) in [5.41, 5.74) is 6.59. The summed E-state index contributed by atoms with van der Waals surface area (Å²) in [5, 5.41) is 9.29. The van der Waals surface area contributed by atoms with Gasteiger partial charge in [0.15, 0.2) is 0 Å². The van der Waals surface area contributed by atoms with Gasteiger partial charge in [0.05, 0.1) is 24.5 Å². The van der Waals surface area contributed by atoms with Gasteiger partial charge in [0.2, 0.25) is 0 Å². The van der Waals surface area contributed by atoms with E-state index in [2.05, 4.69) is 25.8 Å². The Morgan fingerprint density at radius 3 is 1.74 bits per heavy atom. The van der Waals surface area contributed by atoms with Gasteiger partial charge >= 0.3 is 0 Å². The lowest BCUT2D eigenvalue weighted by atomic mass is 10.1. The molecule has 6 rings (SSSR count). The number of amides is 2. The average molecular weight is 564 g/mol. The average Bonchev–Trinajstić information content (AvgIpc) is 3.01. The second-order valence-corrected chi connectivity index (χ2v) is 10.4. The van der Waals surface area contributed by atoms with E-state index in [9.17, 15) is 9.59 Å². The van der Waals surface area contributed by atoms with Crippen LogP contribution in [0.2, 0.25) is 0 Å². The van der Waals surface area contributed by atoms with Gasteiger partial charge in [-0.2, -0.15) is 0 Å². The third-order valence-electron chi connectivity index (χ3n) is 7.47. The van der Waals surface area contributed by atoms with Crippen LogP contribution in [-0.4, -0.2) is 52.2 Å². The lowest BCUT2D eigenvalue weighted by molar-refractivity contribution is 0.0949. The minimum absolute atomic E-state index is 0.142. The number of rotatable bonds is 7. The van der Waals surface area contributed by atoms with E-state index in [0.717, 1.165) is 52.9 Å². The maximum absolute atomic E-state index is 12.8. The second kappa shape index (κ2) is 11.7. The van der Waals surface area contributed by atoms with E-state index in [1.165, 1.54) is 0 Å². The summed E-state index contributed by atoms with van der Waals surface area (Å²) in [4.78, 5) is 29.8. The van der Waals surface area contributed by atoms with Crippen LogP contribution in [0, 0.1) is 0 Å². The SMILES string of the molecule is CN1CCOc2cc(C(=O)NCc3ccc(Nc4ccc(NC(=O)c5ccc6c(c5)OCCN6C)cc4)cc3)ccc21. The summed E-state index contributed by atoms with van der Waals surface area (Å²) < 4.78 is 11.4. The van der Waals surface area contributed by atoms with Crippen LogP contribution in [0.1, 0.15) is 26.3 Å². The molecule has 2 heterocycles. The van der Waals surface area contributed by atoms with Crippen molar-refractivity contribution in [3.05, 3.63) is 102 Å². The first-order valence-electron chi connectivity index (χ1n) is 13.9. The number of fused-ring (bicyclic) bond motifs is 2. The summed E-state index contributed by atoms with van der Waals surface area (Å²) in [5.74, 6) is 1.13. The molecule has 9 nitrogen and oxygen atoms in total. The molecule has 2 aliphatic heterocycles. The van der Waals surface area contributed by atoms with E-state index >= 15 is 0 Å². The van der Waals surface area contributed by atoms with Crippen molar-refractivity contribution >= 4 is 40.3 Å². The first-order chi connectivity index (χ1) is 20.4. The largest absolute Gasteiger partial charge is 0.490 e. The number of hydrogen-bond donors (Lipinski definition) is 3. The Kier molecular flexibility index (Phi) is 7.55. The number of benzene rings is 4. The van der Waals surface area contributed by atoms with Crippen molar-refractivity contribution in [3.63, 3.8) is 0 Å². The molecule has 2 amide bonds. The van der Waals surface area contributed by atoms with Crippen molar-refractivity contribution in [2.24, 2.45) is 0 Å². The standard InChI is InChI=1S/C33H33N5O4/c1-37-15-17-41-30-19-23(5-13-28(30)37)32(39)34-21-22-3-7-25(8-4-22)35-26-9-11-27(12-10-26)36-33(40)24-6-14-29-31(20-24)42-18-16-38(29)2/h3-14,19-20,35H,15-18,21H2,1-2H3,(H,34,39)(H,36,40). The Balaban J connectivity index is 1.01. The Labute approximate surface area is 245 Å². The lowest BCUT2D eigenvalue weighted by Crippen LogP contribution is -2.29. The fourth-order valence-corrected chi connectivity index (χ4v) is 5.00. The Bertz CT molecular complexity index is 1600. The van der Waals surface area contributed by atoms with E-state index in [1.54, 1.807) is 12.1 Å². The van der Waals surface area contributed by atoms with Gasteiger partial charge in [-0.25, -0.2) is 0 Å². The van der Waals surface area contributed by atoms with Crippen LogP contribution in [0.3, 0.4) is 0 Å². The molecule has 42 heavy (non-hydrogen) atoms. The monoisotopic (exact) mass is 563 g/mol. The molecule has 0 saturated heterocycles. The number of hydrogen-bond acceptors (Lipinski definition) is 7. The fraction of sp³-hybridized carbons (Fsp3) is 0.212. The number of anilines is 5. The molecule has 0 bridgehead atoms. The van der Waals surface area contributed by atoms with E-state index in [4.69, 9.17) is 9.47 Å². The Hall–Kier alpha value is -5.18. The number of carbonyl (C=O) groups excluding carboxylic acids is 2. The molecule has 4 aromatic carbocycles. The van der Waals surface area contributed by atoms with Gasteiger partial charge in [0.1, 0.15) is 24.7 Å². The zero-order valence-corrected chi connectivity index (χ0v) is 23.6. The van der Waals surface area contributed by atoms with Crippen molar-refractivity contribution in [2.45, 2.75) is 6.54 Å². The molecule has 9 heteroatoms. The van der Waals surface area contributed by atoms with E-state index < -0.39 is 0 Å². The number of carbonyl (C=O) groups is 2. The van der Waals surface area contributed by atoms with E-state index in [1.807, 2.05) is 86.9 Å². The normalized spacial score (nSPS) is 13.7. The predicted octanol–water partition coefficient (Wildman–Crippen LogP) is 5.27. The second-order valence-electron chi connectivity index (χ2n) is 10.4. The summed E-state index contributed by atoms with van der Waals surface area (Å²) in [6.45, 7) is 3.29. The molecule has 0 unspecified atom stereocenters. The van der Waals surface area contributed by atoms with Crippen molar-refractivity contribution in [2.75, 3.05) is 60.8 Å². The van der Waals surface area contributed by atoms with Crippen molar-refractivity contribution in [1.29, 1.82) is 0 Å². The Morgan fingerprint density at radius 2 is 1.17 bits per heavy atom. The highest BCUT2D eigenvalue weighted by atomic mass is 16.5. The molecule has 0 radical (unpaired) electrons. The quantitative estimate of drug-likeness (QED) is 0.282. The fourth-order valence-electron chi connectivity index (χ4n) is 5.00. The van der Waals surface area contributed by atoms with Gasteiger partial charge in [-0.05, 0) is 78.4 Å². The molecule has 0 fully saturated rings. The van der Waals surface area contributed by atoms with Crippen LogP contribution in [-0.2, 0) is 6.54 Å². The topological polar surface area (TPSA) is 95.2 Å². The summed E-state index contributed by atoms with van der Waals surface area (Å²) in [6, 6.07) is 26.5. The minimum Gasteiger partial charge on any atom is -0.490 e. The molecule has 214 valence electrons. The molecular weight excluding hydrogens is 530 g/mol. The third kappa shape index (κ3) is 5.95. The smallest absolute Gasteiger partial charge is 0.255 e. The Morgan fingerprint density at radius 1 is 0.667 bits per heavy atom. The van der Waals surface area contributed by atoms with Gasteiger partial charge < -0.3 is 35.2 Å². The molecular formula is C33H33N5O4. The molecule has 0 saturated carbocycles. The van der Waals surface area contributed by atoms with Crippen LogP contribution >= 0.6 is 0 Å². The number of nitrogens with one attached hydrogen (secondary N) is 3. The van der Waals surface area contributed by atoms with Gasteiger partial charge in [-0.15, -0.1) is 0 Å². The maximum Gasteiger partial charge on any atom is 0.255 e. The maximum atomic E-state index is 12.8. The molecule has 0 aromatic heterocycles. The van der Waals surface area contributed by atoms with Crippen molar-refractivity contribution in [1.82, 2.24) is 5.32 Å². The molecule has 0 atom stereocenters. The van der Waals surface area contributed by atoms with Crippen LogP contribution in [0.25, 0.3) is 0 Å². The van der Waals surface area contributed by atoms with Gasteiger partial charge in [0.25, 0.3) is 11.8 Å². The third-order valence-corrected chi connectivity index (χ3v) is 7.47. The highest BCUT2D eigenvalue weighted by molar-refractivity contribution is 6.05. The van der Waals surface area contributed by atoms with Gasteiger partial charge in [-0.1, -0.05) is 12.1 Å². The van der Waals surface area contributed by atoms with Crippen LogP contribution in [0.5, 0.6) is 11.5 Å². The number of nitrogens with zero attached hydrogens (tertiary/aromatic N) is 2. The van der Waals surface area contributed by atoms with Gasteiger partial charge in [-0.3, -0.25) is 9.59 Å². The van der Waals surface area contributed by atoms with Crippen molar-refractivity contribution < 1.29 is 19.1 Å². The van der Waals surface area contributed by atoms with Crippen molar-refractivity contribution in [3.8, 4) is 11.5 Å². The number of likely N-dealkylation sites (N-methyl/N-ethyl adjacent to an activating group) is 2. The molecule has 0 spiro atoms. The molecule has 2 aliphatic rings. The first kappa shape index (κ1) is 27.0. The summed E-state index contributed by atoms with van der Waals surface area (Å²) in [6.07, 6.45) is 0. The van der Waals surface area contributed by atoms with E-state index in [0.29, 0.717) is 36.6 Å². The zero-order chi connectivity index (χ0) is 29.1. The van der Waals surface area contributed by atoms with Crippen LogP contribution in [0.15, 0.2) is 84.9 Å². The highest BCUT2D eigenvalue weighted by Gasteiger charge is 2.18. The van der Waals surface area contributed by atoms with E-state index in [-0.39, 0.29) is 11.8 Å². The van der Waals surface area contributed by atoms with Crippen LogP contribution < -0.4 is 35.2 Å².